The second kappa shape index (κ2) is 10.1. The number of aryl methyl sites for hydroxylation is 1. The molecular formula is C28H37ClN8O. The highest BCUT2D eigenvalue weighted by atomic mass is 35.5. The van der Waals surface area contributed by atoms with Crippen LogP contribution in [0, 0.1) is 12.8 Å². The van der Waals surface area contributed by atoms with Gasteiger partial charge in [0.05, 0.1) is 12.6 Å². The molecular weight excluding hydrogens is 500 g/mol. The fourth-order valence-electron chi connectivity index (χ4n) is 6.45. The molecule has 2 aliphatic heterocycles. The van der Waals surface area contributed by atoms with Gasteiger partial charge in [0.1, 0.15) is 17.7 Å². The molecule has 202 valence electrons. The number of imidazole rings is 1. The summed E-state index contributed by atoms with van der Waals surface area (Å²) in [6, 6.07) is 9.14. The Balaban J connectivity index is 1.37. The lowest BCUT2D eigenvalue weighted by molar-refractivity contribution is 0.0822. The van der Waals surface area contributed by atoms with Crippen LogP contribution in [0.25, 0.3) is 16.9 Å². The van der Waals surface area contributed by atoms with Crippen LogP contribution in [0.2, 0.25) is 5.02 Å². The average molecular weight is 537 g/mol. The summed E-state index contributed by atoms with van der Waals surface area (Å²) in [5, 5.41) is 9.32. The zero-order chi connectivity index (χ0) is 26.6. The summed E-state index contributed by atoms with van der Waals surface area (Å²) in [4.78, 5) is 15.1. The highest BCUT2D eigenvalue weighted by Crippen LogP contribution is 2.37. The monoisotopic (exact) mass is 536 g/mol. The Kier molecular flexibility index (Phi) is 6.78. The molecule has 0 spiro atoms. The minimum atomic E-state index is 0.205. The smallest absolute Gasteiger partial charge is 0.258 e. The van der Waals surface area contributed by atoms with Gasteiger partial charge in [-0.2, -0.15) is 4.98 Å². The third kappa shape index (κ3) is 4.44. The van der Waals surface area contributed by atoms with Gasteiger partial charge >= 0.3 is 0 Å². The lowest BCUT2D eigenvalue weighted by Crippen LogP contribution is -2.58. The molecule has 0 amide bonds. The first-order valence-electron chi connectivity index (χ1n) is 13.8. The van der Waals surface area contributed by atoms with Gasteiger partial charge in [-0.3, -0.25) is 4.90 Å². The van der Waals surface area contributed by atoms with E-state index in [4.69, 9.17) is 26.3 Å². The van der Waals surface area contributed by atoms with Crippen LogP contribution in [0.4, 0.5) is 5.82 Å². The summed E-state index contributed by atoms with van der Waals surface area (Å²) in [5.41, 5.74) is 3.16. The summed E-state index contributed by atoms with van der Waals surface area (Å²) in [6.07, 6.45) is 4.13. The van der Waals surface area contributed by atoms with Crippen LogP contribution in [-0.2, 0) is 11.3 Å². The van der Waals surface area contributed by atoms with E-state index in [1.165, 1.54) is 5.56 Å². The number of anilines is 1. The molecule has 3 aromatic heterocycles. The van der Waals surface area contributed by atoms with Gasteiger partial charge in [0.2, 0.25) is 0 Å². The highest BCUT2D eigenvalue weighted by molar-refractivity contribution is 6.30. The first-order chi connectivity index (χ1) is 18.3. The maximum atomic E-state index is 6.40. The number of nitrogens with zero attached hydrogens (tertiary/aromatic N) is 8. The first-order valence-corrected chi connectivity index (χ1v) is 14.2. The molecule has 4 aromatic rings. The van der Waals surface area contributed by atoms with Crippen molar-refractivity contribution in [2.45, 2.75) is 78.2 Å². The topological polar surface area (TPSA) is 76.6 Å². The lowest BCUT2D eigenvalue weighted by Gasteiger charge is -2.49. The van der Waals surface area contributed by atoms with Gasteiger partial charge in [-0.15, -0.1) is 10.2 Å². The number of benzene rings is 1. The van der Waals surface area contributed by atoms with Crippen LogP contribution in [0.15, 0.2) is 30.6 Å². The summed E-state index contributed by atoms with van der Waals surface area (Å²) < 4.78 is 10.2. The minimum absolute atomic E-state index is 0.205. The number of ether oxygens (including phenoxy) is 1. The number of piperazine rings is 1. The largest absolute Gasteiger partial charge is 0.376 e. The molecule has 2 saturated heterocycles. The number of fused-ring (bicyclic) bond motifs is 3. The van der Waals surface area contributed by atoms with Gasteiger partial charge in [0.15, 0.2) is 11.5 Å². The summed E-state index contributed by atoms with van der Waals surface area (Å²) in [7, 11) is 0. The van der Waals surface area contributed by atoms with E-state index in [0.717, 1.165) is 66.9 Å². The van der Waals surface area contributed by atoms with E-state index in [2.05, 4.69) is 77.4 Å². The lowest BCUT2D eigenvalue weighted by atomic mass is 9.91. The van der Waals surface area contributed by atoms with Gasteiger partial charge in [-0.05, 0) is 57.2 Å². The van der Waals surface area contributed by atoms with E-state index in [9.17, 15) is 0 Å². The van der Waals surface area contributed by atoms with Crippen molar-refractivity contribution in [2.75, 3.05) is 24.6 Å². The normalized spacial score (nSPS) is 23.8. The number of hydrogen-bond acceptors (Lipinski definition) is 7. The molecule has 6 rings (SSSR count). The van der Waals surface area contributed by atoms with E-state index in [0.29, 0.717) is 17.7 Å². The Bertz CT molecular complexity index is 1440. The molecule has 2 aliphatic rings. The van der Waals surface area contributed by atoms with Gasteiger partial charge in [0.25, 0.3) is 5.78 Å². The molecule has 0 saturated carbocycles. The molecule has 38 heavy (non-hydrogen) atoms. The van der Waals surface area contributed by atoms with Crippen molar-refractivity contribution in [1.29, 1.82) is 0 Å². The van der Waals surface area contributed by atoms with Crippen molar-refractivity contribution in [3.05, 3.63) is 47.0 Å². The van der Waals surface area contributed by atoms with Crippen LogP contribution in [0.1, 0.15) is 58.0 Å². The van der Waals surface area contributed by atoms with Crippen molar-refractivity contribution in [3.8, 4) is 0 Å². The molecule has 1 aromatic carbocycles. The van der Waals surface area contributed by atoms with E-state index in [-0.39, 0.29) is 18.2 Å². The third-order valence-electron chi connectivity index (χ3n) is 8.20. The van der Waals surface area contributed by atoms with Crippen molar-refractivity contribution in [2.24, 2.45) is 5.92 Å². The van der Waals surface area contributed by atoms with Gasteiger partial charge in [0, 0.05) is 42.8 Å². The van der Waals surface area contributed by atoms with E-state index in [1.807, 2.05) is 10.5 Å². The zero-order valence-electron chi connectivity index (χ0n) is 22.9. The molecule has 9 nitrogen and oxygen atoms in total. The predicted octanol–water partition coefficient (Wildman–Crippen LogP) is 4.91. The predicted molar refractivity (Wildman–Crippen MR) is 150 cm³/mol. The fourth-order valence-corrected chi connectivity index (χ4v) is 6.65. The van der Waals surface area contributed by atoms with Crippen molar-refractivity contribution < 1.29 is 4.74 Å². The Labute approximate surface area is 228 Å². The Morgan fingerprint density at radius 2 is 1.97 bits per heavy atom. The molecule has 0 unspecified atom stereocenters. The molecule has 10 heteroatoms. The number of halogens is 1. The second-order valence-electron chi connectivity index (χ2n) is 11.3. The van der Waals surface area contributed by atoms with Crippen molar-refractivity contribution in [3.63, 3.8) is 0 Å². The molecule has 0 N–H and O–H groups in total. The highest BCUT2D eigenvalue weighted by Gasteiger charge is 2.37. The Morgan fingerprint density at radius 3 is 2.71 bits per heavy atom. The third-order valence-corrected chi connectivity index (χ3v) is 8.44. The molecule has 0 radical (unpaired) electrons. The number of aromatic nitrogens is 6. The maximum absolute atomic E-state index is 6.40. The van der Waals surface area contributed by atoms with E-state index in [1.54, 1.807) is 6.33 Å². The number of hydrogen-bond donors (Lipinski definition) is 0. The van der Waals surface area contributed by atoms with Crippen molar-refractivity contribution in [1.82, 2.24) is 34.0 Å². The standard InChI is InChI=1S/C28H37ClN8O/c1-17(2)25(21-8-6-9-22(29)12-21)34-13-19(4)35(14-18(34)3)26-24-27(37-16-30-33-28(37)32-26)36(20(5)31-24)15-23-10-7-11-38-23/h6,8-9,12,16-19,23,25H,7,10-11,13-15H2,1-5H3/t18-,19+,23+,25-/m1/s1. The van der Waals surface area contributed by atoms with Gasteiger partial charge in [-0.25, -0.2) is 9.38 Å². The van der Waals surface area contributed by atoms with E-state index < -0.39 is 0 Å². The maximum Gasteiger partial charge on any atom is 0.258 e. The quantitative estimate of drug-likeness (QED) is 0.346. The molecule has 0 bridgehead atoms. The van der Waals surface area contributed by atoms with Crippen LogP contribution in [-0.4, -0.2) is 71.9 Å². The SMILES string of the molecule is Cc1nc2c(N3C[C@@H](C)N([C@@H](c4cccc(Cl)c4)C(C)C)C[C@@H]3C)nc3nncn3c2n1C[C@@H]1CCCO1. The van der Waals surface area contributed by atoms with Crippen molar-refractivity contribution >= 4 is 34.4 Å². The summed E-state index contributed by atoms with van der Waals surface area (Å²) in [5.74, 6) is 2.89. The van der Waals surface area contributed by atoms with Gasteiger partial charge < -0.3 is 14.2 Å². The first kappa shape index (κ1) is 25.5. The van der Waals surface area contributed by atoms with Crippen LogP contribution in [0.3, 0.4) is 0 Å². The molecule has 0 aliphatic carbocycles. The summed E-state index contributed by atoms with van der Waals surface area (Å²) >= 11 is 6.40. The minimum Gasteiger partial charge on any atom is -0.376 e. The fraction of sp³-hybridized carbons (Fsp3) is 0.571. The number of rotatable bonds is 6. The van der Waals surface area contributed by atoms with Crippen LogP contribution in [0.5, 0.6) is 0 Å². The van der Waals surface area contributed by atoms with Gasteiger partial charge in [-0.1, -0.05) is 37.6 Å². The molecule has 4 atom stereocenters. The average Bonchev–Trinajstić information content (AvgIpc) is 3.62. The molecule has 2 fully saturated rings. The summed E-state index contributed by atoms with van der Waals surface area (Å²) in [6.45, 7) is 14.6. The molecule has 5 heterocycles. The Morgan fingerprint density at radius 1 is 1.13 bits per heavy atom. The Hall–Kier alpha value is -2.75. The van der Waals surface area contributed by atoms with Crippen LogP contribution < -0.4 is 4.90 Å². The zero-order valence-corrected chi connectivity index (χ0v) is 23.6. The van der Waals surface area contributed by atoms with Crippen LogP contribution >= 0.6 is 11.6 Å². The second-order valence-corrected chi connectivity index (χ2v) is 11.7. The van der Waals surface area contributed by atoms with E-state index >= 15 is 0 Å².